The number of hydrogen-bond donors (Lipinski definition) is 1. The highest BCUT2D eigenvalue weighted by Gasteiger charge is 2.13. The SMILES string of the molecule is CC[C@H](C)c1ccccc1OCC(=O)Nc1ccc(N2CCOCC2)cc1. The van der Waals surface area contributed by atoms with Crippen molar-refractivity contribution in [2.45, 2.75) is 26.2 Å². The van der Waals surface area contributed by atoms with E-state index in [1.165, 1.54) is 0 Å². The number of carbonyl (C=O) groups excluding carboxylic acids is 1. The van der Waals surface area contributed by atoms with Gasteiger partial charge in [0, 0.05) is 24.5 Å². The van der Waals surface area contributed by atoms with Crippen molar-refractivity contribution in [3.8, 4) is 5.75 Å². The lowest BCUT2D eigenvalue weighted by Crippen LogP contribution is -2.36. The topological polar surface area (TPSA) is 50.8 Å². The molecule has 0 spiro atoms. The van der Waals surface area contributed by atoms with E-state index in [9.17, 15) is 4.79 Å². The van der Waals surface area contributed by atoms with Gasteiger partial charge in [-0.25, -0.2) is 0 Å². The second-order valence-corrected chi connectivity index (χ2v) is 6.83. The first-order chi connectivity index (χ1) is 13.2. The number of amides is 1. The number of nitrogens with one attached hydrogen (secondary N) is 1. The second kappa shape index (κ2) is 9.42. The summed E-state index contributed by atoms with van der Waals surface area (Å²) in [6.07, 6.45) is 1.03. The number of carbonyl (C=O) groups is 1. The molecule has 144 valence electrons. The van der Waals surface area contributed by atoms with Crippen molar-refractivity contribution in [3.63, 3.8) is 0 Å². The summed E-state index contributed by atoms with van der Waals surface area (Å²) in [5.74, 6) is 1.02. The Kier molecular flexibility index (Phi) is 6.71. The molecule has 1 amide bonds. The van der Waals surface area contributed by atoms with Gasteiger partial charge in [0.2, 0.25) is 0 Å². The highest BCUT2D eigenvalue weighted by molar-refractivity contribution is 5.92. The van der Waals surface area contributed by atoms with Gasteiger partial charge in [-0.1, -0.05) is 32.0 Å². The molecular formula is C22H28N2O3. The summed E-state index contributed by atoms with van der Waals surface area (Å²) in [7, 11) is 0. The van der Waals surface area contributed by atoms with Gasteiger partial charge in [0.15, 0.2) is 6.61 Å². The van der Waals surface area contributed by atoms with E-state index in [1.54, 1.807) is 0 Å². The molecule has 27 heavy (non-hydrogen) atoms. The predicted molar refractivity (Wildman–Crippen MR) is 109 cm³/mol. The molecule has 1 aliphatic heterocycles. The number of hydrogen-bond acceptors (Lipinski definition) is 4. The van der Waals surface area contributed by atoms with Gasteiger partial charge < -0.3 is 19.7 Å². The Morgan fingerprint density at radius 1 is 1.15 bits per heavy atom. The molecule has 3 rings (SSSR count). The lowest BCUT2D eigenvalue weighted by atomic mass is 9.98. The molecule has 1 N–H and O–H groups in total. The van der Waals surface area contributed by atoms with Gasteiger partial charge in [-0.15, -0.1) is 0 Å². The second-order valence-electron chi connectivity index (χ2n) is 6.83. The zero-order chi connectivity index (χ0) is 19.1. The largest absolute Gasteiger partial charge is 0.483 e. The third-order valence-electron chi connectivity index (χ3n) is 4.95. The lowest BCUT2D eigenvalue weighted by Gasteiger charge is -2.28. The number of benzene rings is 2. The summed E-state index contributed by atoms with van der Waals surface area (Å²) in [5.41, 5.74) is 3.06. The summed E-state index contributed by atoms with van der Waals surface area (Å²) < 4.78 is 11.2. The van der Waals surface area contributed by atoms with E-state index in [2.05, 4.69) is 30.1 Å². The molecule has 0 bridgehead atoms. The Labute approximate surface area is 161 Å². The molecule has 0 radical (unpaired) electrons. The molecule has 5 nitrogen and oxygen atoms in total. The minimum absolute atomic E-state index is 0.00133. The van der Waals surface area contributed by atoms with E-state index in [-0.39, 0.29) is 12.5 Å². The van der Waals surface area contributed by atoms with Crippen molar-refractivity contribution in [2.75, 3.05) is 43.1 Å². The number of rotatable bonds is 7. The molecular weight excluding hydrogens is 340 g/mol. The summed E-state index contributed by atoms with van der Waals surface area (Å²) in [6.45, 7) is 7.62. The molecule has 1 saturated heterocycles. The molecule has 1 heterocycles. The molecule has 2 aromatic rings. The van der Waals surface area contributed by atoms with Crippen LogP contribution in [0, 0.1) is 0 Å². The van der Waals surface area contributed by atoms with Crippen LogP contribution in [0.5, 0.6) is 5.75 Å². The first-order valence-electron chi connectivity index (χ1n) is 9.61. The van der Waals surface area contributed by atoms with Crippen molar-refractivity contribution >= 4 is 17.3 Å². The average molecular weight is 368 g/mol. The van der Waals surface area contributed by atoms with Crippen LogP contribution in [0.4, 0.5) is 11.4 Å². The van der Waals surface area contributed by atoms with Crippen molar-refractivity contribution < 1.29 is 14.3 Å². The molecule has 0 saturated carbocycles. The zero-order valence-electron chi connectivity index (χ0n) is 16.1. The monoisotopic (exact) mass is 368 g/mol. The van der Waals surface area contributed by atoms with Crippen LogP contribution in [0.2, 0.25) is 0 Å². The van der Waals surface area contributed by atoms with Crippen LogP contribution in [0.25, 0.3) is 0 Å². The first-order valence-corrected chi connectivity index (χ1v) is 9.61. The standard InChI is InChI=1S/C22H28N2O3/c1-3-17(2)20-6-4-5-7-21(20)27-16-22(25)23-18-8-10-19(11-9-18)24-12-14-26-15-13-24/h4-11,17H,3,12-16H2,1-2H3,(H,23,25)/t17-/m0/s1. The Morgan fingerprint density at radius 3 is 2.56 bits per heavy atom. The van der Waals surface area contributed by atoms with Crippen LogP contribution >= 0.6 is 0 Å². The molecule has 1 atom stereocenters. The summed E-state index contributed by atoms with van der Waals surface area (Å²) in [4.78, 5) is 14.5. The highest BCUT2D eigenvalue weighted by atomic mass is 16.5. The van der Waals surface area contributed by atoms with E-state index in [1.807, 2.05) is 42.5 Å². The molecule has 0 aromatic heterocycles. The normalized spacial score (nSPS) is 15.3. The number of anilines is 2. The van der Waals surface area contributed by atoms with Crippen LogP contribution in [0.3, 0.4) is 0 Å². The quantitative estimate of drug-likeness (QED) is 0.801. The Hall–Kier alpha value is -2.53. The molecule has 1 fully saturated rings. The van der Waals surface area contributed by atoms with Crippen molar-refractivity contribution in [1.82, 2.24) is 0 Å². The lowest BCUT2D eigenvalue weighted by molar-refractivity contribution is -0.118. The Bertz CT molecular complexity index is 739. The van der Waals surface area contributed by atoms with Gasteiger partial charge in [-0.05, 0) is 48.2 Å². The van der Waals surface area contributed by atoms with Crippen molar-refractivity contribution in [1.29, 1.82) is 0 Å². The maximum Gasteiger partial charge on any atom is 0.262 e. The van der Waals surface area contributed by atoms with Crippen LogP contribution < -0.4 is 15.0 Å². The molecule has 2 aromatic carbocycles. The summed E-state index contributed by atoms with van der Waals surface area (Å²) in [5, 5.41) is 2.90. The number of morpholine rings is 1. The molecule has 5 heteroatoms. The third-order valence-corrected chi connectivity index (χ3v) is 4.95. The minimum atomic E-state index is -0.159. The fourth-order valence-electron chi connectivity index (χ4n) is 3.16. The van der Waals surface area contributed by atoms with Crippen LogP contribution in [0.1, 0.15) is 31.7 Å². The van der Waals surface area contributed by atoms with Gasteiger partial charge in [0.25, 0.3) is 5.91 Å². The Balaban J connectivity index is 1.54. The minimum Gasteiger partial charge on any atom is -0.483 e. The predicted octanol–water partition coefficient (Wildman–Crippen LogP) is 4.05. The summed E-state index contributed by atoms with van der Waals surface area (Å²) in [6, 6.07) is 15.8. The fraction of sp³-hybridized carbons (Fsp3) is 0.409. The van der Waals surface area contributed by atoms with Crippen molar-refractivity contribution in [3.05, 3.63) is 54.1 Å². The van der Waals surface area contributed by atoms with E-state index >= 15 is 0 Å². The first kappa shape index (κ1) is 19.2. The van der Waals surface area contributed by atoms with Gasteiger partial charge in [0.1, 0.15) is 5.75 Å². The molecule has 1 aliphatic rings. The van der Waals surface area contributed by atoms with Crippen molar-refractivity contribution in [2.24, 2.45) is 0 Å². The van der Waals surface area contributed by atoms with Gasteiger partial charge in [-0.3, -0.25) is 4.79 Å². The smallest absolute Gasteiger partial charge is 0.262 e. The van der Waals surface area contributed by atoms with Crippen LogP contribution in [-0.2, 0) is 9.53 Å². The van der Waals surface area contributed by atoms with E-state index in [0.717, 1.165) is 55.4 Å². The van der Waals surface area contributed by atoms with E-state index in [4.69, 9.17) is 9.47 Å². The number of nitrogens with zero attached hydrogens (tertiary/aromatic N) is 1. The highest BCUT2D eigenvalue weighted by Crippen LogP contribution is 2.28. The molecule has 0 unspecified atom stereocenters. The third kappa shape index (κ3) is 5.23. The zero-order valence-corrected chi connectivity index (χ0v) is 16.1. The van der Waals surface area contributed by atoms with Gasteiger partial charge >= 0.3 is 0 Å². The van der Waals surface area contributed by atoms with E-state index < -0.39 is 0 Å². The Morgan fingerprint density at radius 2 is 1.85 bits per heavy atom. The van der Waals surface area contributed by atoms with Crippen LogP contribution in [-0.4, -0.2) is 38.8 Å². The van der Waals surface area contributed by atoms with E-state index in [0.29, 0.717) is 5.92 Å². The average Bonchev–Trinajstić information content (AvgIpc) is 2.73. The van der Waals surface area contributed by atoms with Crippen LogP contribution in [0.15, 0.2) is 48.5 Å². The van der Waals surface area contributed by atoms with Gasteiger partial charge in [-0.2, -0.15) is 0 Å². The molecule has 0 aliphatic carbocycles. The number of ether oxygens (including phenoxy) is 2. The fourth-order valence-corrected chi connectivity index (χ4v) is 3.16. The van der Waals surface area contributed by atoms with Gasteiger partial charge in [0.05, 0.1) is 13.2 Å². The number of para-hydroxylation sites is 1. The summed E-state index contributed by atoms with van der Waals surface area (Å²) >= 11 is 0. The maximum absolute atomic E-state index is 12.3. The maximum atomic E-state index is 12.3.